The Hall–Kier alpha value is -1.02. The van der Waals surface area contributed by atoms with Gasteiger partial charge in [-0.2, -0.15) is 0 Å². The van der Waals surface area contributed by atoms with Crippen LogP contribution in [-0.4, -0.2) is 6.04 Å². The molecular weight excluding hydrogens is 322 g/mol. The summed E-state index contributed by atoms with van der Waals surface area (Å²) >= 11 is 3.64. The number of fused-ring (bicyclic) bond motifs is 1. The average Bonchev–Trinajstić information content (AvgIpc) is 2.50. The van der Waals surface area contributed by atoms with Crippen molar-refractivity contribution in [2.24, 2.45) is 0 Å². The maximum atomic E-state index is 3.68. The van der Waals surface area contributed by atoms with Gasteiger partial charge in [-0.1, -0.05) is 79.2 Å². The van der Waals surface area contributed by atoms with Crippen molar-refractivity contribution in [1.29, 1.82) is 0 Å². The molecule has 0 aliphatic carbocycles. The van der Waals surface area contributed by atoms with Crippen molar-refractivity contribution in [3.05, 3.63) is 40.9 Å². The van der Waals surface area contributed by atoms with Gasteiger partial charge in [0, 0.05) is 21.6 Å². The van der Waals surface area contributed by atoms with Gasteiger partial charge in [0.25, 0.3) is 0 Å². The van der Waals surface area contributed by atoms with E-state index in [0.29, 0.717) is 6.04 Å². The van der Waals surface area contributed by atoms with Crippen LogP contribution in [0.1, 0.15) is 52.4 Å². The molecule has 1 atom stereocenters. The summed E-state index contributed by atoms with van der Waals surface area (Å²) in [7, 11) is 0. The lowest BCUT2D eigenvalue weighted by molar-refractivity contribution is 0.579. The molecule has 114 valence electrons. The highest BCUT2D eigenvalue weighted by Crippen LogP contribution is 2.30. The lowest BCUT2D eigenvalue weighted by Gasteiger charge is -2.17. The second-order valence-corrected chi connectivity index (χ2v) is 6.74. The third kappa shape index (κ3) is 4.74. The van der Waals surface area contributed by atoms with Crippen molar-refractivity contribution in [1.82, 2.24) is 0 Å². The Morgan fingerprint density at radius 3 is 2.43 bits per heavy atom. The second kappa shape index (κ2) is 8.43. The van der Waals surface area contributed by atoms with E-state index < -0.39 is 0 Å². The number of hydrogen-bond acceptors (Lipinski definition) is 1. The number of nitrogens with one attached hydrogen (secondary N) is 1. The van der Waals surface area contributed by atoms with E-state index in [-0.39, 0.29) is 0 Å². The van der Waals surface area contributed by atoms with Gasteiger partial charge >= 0.3 is 0 Å². The topological polar surface area (TPSA) is 12.0 Å². The lowest BCUT2D eigenvalue weighted by atomic mass is 10.1. The zero-order valence-electron chi connectivity index (χ0n) is 13.2. The van der Waals surface area contributed by atoms with E-state index in [4.69, 9.17) is 0 Å². The number of hydrogen-bond donors (Lipinski definition) is 1. The van der Waals surface area contributed by atoms with Crippen molar-refractivity contribution in [3.8, 4) is 0 Å². The predicted octanol–water partition coefficient (Wildman–Crippen LogP) is 6.76. The van der Waals surface area contributed by atoms with Crippen molar-refractivity contribution in [3.63, 3.8) is 0 Å². The van der Waals surface area contributed by atoms with Crippen LogP contribution in [0, 0.1) is 0 Å². The zero-order chi connectivity index (χ0) is 15.1. The molecule has 0 heterocycles. The summed E-state index contributed by atoms with van der Waals surface area (Å²) in [4.78, 5) is 0. The molecule has 2 rings (SSSR count). The average molecular weight is 348 g/mol. The first-order valence-electron chi connectivity index (χ1n) is 8.16. The molecule has 1 unspecified atom stereocenters. The molecule has 0 bridgehead atoms. The molecule has 0 fully saturated rings. The van der Waals surface area contributed by atoms with Gasteiger partial charge in [0.15, 0.2) is 0 Å². The van der Waals surface area contributed by atoms with Crippen molar-refractivity contribution in [2.45, 2.75) is 58.4 Å². The van der Waals surface area contributed by atoms with Crippen molar-refractivity contribution in [2.75, 3.05) is 5.32 Å². The summed E-state index contributed by atoms with van der Waals surface area (Å²) in [5.74, 6) is 0. The Morgan fingerprint density at radius 1 is 0.952 bits per heavy atom. The maximum Gasteiger partial charge on any atom is 0.0422 e. The van der Waals surface area contributed by atoms with E-state index >= 15 is 0 Å². The molecule has 0 aliphatic heterocycles. The summed E-state index contributed by atoms with van der Waals surface area (Å²) in [6, 6.07) is 13.4. The van der Waals surface area contributed by atoms with Crippen LogP contribution in [0.5, 0.6) is 0 Å². The molecule has 0 spiro atoms. The highest BCUT2D eigenvalue weighted by Gasteiger charge is 2.07. The fraction of sp³-hybridized carbons (Fsp3) is 0.474. The molecule has 2 aromatic carbocycles. The molecular formula is C19H26BrN. The van der Waals surface area contributed by atoms with Crippen LogP contribution in [0.3, 0.4) is 0 Å². The molecule has 0 aromatic heterocycles. The van der Waals surface area contributed by atoms with Gasteiger partial charge in [0.05, 0.1) is 0 Å². The maximum absolute atomic E-state index is 3.68. The quantitative estimate of drug-likeness (QED) is 0.520. The van der Waals surface area contributed by atoms with Crippen LogP contribution in [0.2, 0.25) is 0 Å². The van der Waals surface area contributed by atoms with E-state index in [0.717, 1.165) is 4.47 Å². The predicted molar refractivity (Wildman–Crippen MR) is 98.1 cm³/mol. The Bertz CT molecular complexity index is 564. The van der Waals surface area contributed by atoms with Crippen LogP contribution in [0.4, 0.5) is 5.69 Å². The molecule has 0 saturated carbocycles. The second-order valence-electron chi connectivity index (χ2n) is 5.89. The minimum Gasteiger partial charge on any atom is -0.382 e. The van der Waals surface area contributed by atoms with E-state index in [9.17, 15) is 0 Å². The fourth-order valence-corrected chi connectivity index (χ4v) is 3.26. The van der Waals surface area contributed by atoms with Gasteiger partial charge in [0.2, 0.25) is 0 Å². The van der Waals surface area contributed by atoms with Crippen LogP contribution in [0.25, 0.3) is 10.8 Å². The van der Waals surface area contributed by atoms with Crippen molar-refractivity contribution >= 4 is 32.4 Å². The minimum atomic E-state index is 0.524. The number of halogens is 1. The van der Waals surface area contributed by atoms with Gasteiger partial charge < -0.3 is 5.32 Å². The van der Waals surface area contributed by atoms with E-state index in [1.807, 2.05) is 0 Å². The molecule has 21 heavy (non-hydrogen) atoms. The number of benzene rings is 2. The highest BCUT2D eigenvalue weighted by molar-refractivity contribution is 9.10. The normalized spacial score (nSPS) is 12.5. The Labute approximate surface area is 137 Å². The summed E-state index contributed by atoms with van der Waals surface area (Å²) in [6.45, 7) is 4.56. The summed E-state index contributed by atoms with van der Waals surface area (Å²) in [5.41, 5.74) is 1.25. The largest absolute Gasteiger partial charge is 0.382 e. The fourth-order valence-electron chi connectivity index (χ4n) is 2.78. The Balaban J connectivity index is 1.95. The minimum absolute atomic E-state index is 0.524. The first kappa shape index (κ1) is 16.4. The van der Waals surface area contributed by atoms with Crippen LogP contribution in [-0.2, 0) is 0 Å². The Morgan fingerprint density at radius 2 is 1.67 bits per heavy atom. The van der Waals surface area contributed by atoms with Gasteiger partial charge in [-0.05, 0) is 30.9 Å². The molecule has 0 radical (unpaired) electrons. The van der Waals surface area contributed by atoms with Crippen molar-refractivity contribution < 1.29 is 0 Å². The summed E-state index contributed by atoms with van der Waals surface area (Å²) in [6.07, 6.45) is 8.00. The first-order chi connectivity index (χ1) is 10.2. The van der Waals surface area contributed by atoms with E-state index in [1.54, 1.807) is 0 Å². The molecule has 2 aromatic rings. The standard InChI is InChI=1S/C19H26BrN/c1-3-4-5-6-7-10-15(2)21-19-14-13-18(20)16-11-8-9-12-17(16)19/h8-9,11-15,21H,3-7,10H2,1-2H3. The third-order valence-corrected chi connectivity index (χ3v) is 4.70. The van der Waals surface area contributed by atoms with E-state index in [1.165, 1.54) is 55.0 Å². The number of unbranched alkanes of at least 4 members (excludes halogenated alkanes) is 4. The highest BCUT2D eigenvalue weighted by atomic mass is 79.9. The Kier molecular flexibility index (Phi) is 6.56. The number of rotatable bonds is 8. The molecule has 0 saturated heterocycles. The molecule has 0 amide bonds. The van der Waals surface area contributed by atoms with Crippen LogP contribution >= 0.6 is 15.9 Å². The first-order valence-corrected chi connectivity index (χ1v) is 8.95. The third-order valence-electron chi connectivity index (χ3n) is 4.01. The molecule has 2 heteroatoms. The van der Waals surface area contributed by atoms with Crippen LogP contribution < -0.4 is 5.32 Å². The van der Waals surface area contributed by atoms with Gasteiger partial charge in [-0.25, -0.2) is 0 Å². The van der Waals surface area contributed by atoms with E-state index in [2.05, 4.69) is 71.5 Å². The number of anilines is 1. The summed E-state index contributed by atoms with van der Waals surface area (Å²) < 4.78 is 1.16. The smallest absolute Gasteiger partial charge is 0.0422 e. The van der Waals surface area contributed by atoms with Gasteiger partial charge in [0.1, 0.15) is 0 Å². The summed E-state index contributed by atoms with van der Waals surface area (Å²) in [5, 5.41) is 6.25. The molecule has 1 N–H and O–H groups in total. The molecule has 0 aliphatic rings. The zero-order valence-corrected chi connectivity index (χ0v) is 14.7. The lowest BCUT2D eigenvalue weighted by Crippen LogP contribution is -2.15. The van der Waals surface area contributed by atoms with Gasteiger partial charge in [-0.15, -0.1) is 0 Å². The molecule has 1 nitrogen and oxygen atoms in total. The SMILES string of the molecule is CCCCCCCC(C)Nc1ccc(Br)c2ccccc12. The van der Waals surface area contributed by atoms with Gasteiger partial charge in [-0.3, -0.25) is 0 Å². The monoisotopic (exact) mass is 347 g/mol. The van der Waals surface area contributed by atoms with Crippen LogP contribution in [0.15, 0.2) is 40.9 Å².